The van der Waals surface area contributed by atoms with Crippen LogP contribution in [0.1, 0.15) is 18.0 Å². The van der Waals surface area contributed by atoms with Crippen molar-refractivity contribution in [3.05, 3.63) is 94.5 Å². The molecule has 5 N–H and O–H groups in total. The zero-order valence-corrected chi connectivity index (χ0v) is 18.3. The Kier molecular flexibility index (Phi) is 8.39. The summed E-state index contributed by atoms with van der Waals surface area (Å²) in [7, 11) is 0. The molecule has 10 nitrogen and oxygen atoms in total. The SMILES string of the molecule is NC(=O)NC(CC(=O)NCCNc1ccccc1[N+](=O)[O-])c1cccc(Oc2ccccc2)c1. The van der Waals surface area contributed by atoms with E-state index in [2.05, 4.69) is 16.0 Å². The number of primary amides is 1. The van der Waals surface area contributed by atoms with Crippen molar-refractivity contribution in [3.63, 3.8) is 0 Å². The summed E-state index contributed by atoms with van der Waals surface area (Å²) in [5.41, 5.74) is 6.29. The van der Waals surface area contributed by atoms with Gasteiger partial charge in [-0.05, 0) is 35.9 Å². The molecule has 0 bridgehead atoms. The molecular weight excluding hydrogens is 438 g/mol. The second-order valence-corrected chi connectivity index (χ2v) is 7.30. The molecule has 1 atom stereocenters. The first-order chi connectivity index (χ1) is 16.4. The fraction of sp³-hybridized carbons (Fsp3) is 0.167. The molecule has 176 valence electrons. The summed E-state index contributed by atoms with van der Waals surface area (Å²) in [6.45, 7) is 0.510. The van der Waals surface area contributed by atoms with Gasteiger partial charge in [-0.1, -0.05) is 42.5 Å². The second-order valence-electron chi connectivity index (χ2n) is 7.30. The zero-order valence-electron chi connectivity index (χ0n) is 18.3. The number of nitro benzene ring substituents is 1. The van der Waals surface area contributed by atoms with Crippen LogP contribution in [0.3, 0.4) is 0 Å². The van der Waals surface area contributed by atoms with Crippen molar-refractivity contribution in [2.24, 2.45) is 5.73 Å². The van der Waals surface area contributed by atoms with Crippen molar-refractivity contribution in [2.45, 2.75) is 12.5 Å². The Bertz CT molecular complexity index is 1140. The molecule has 3 aromatic carbocycles. The van der Waals surface area contributed by atoms with Crippen LogP contribution in [-0.2, 0) is 4.79 Å². The molecule has 0 radical (unpaired) electrons. The number of urea groups is 1. The van der Waals surface area contributed by atoms with Crippen LogP contribution in [0, 0.1) is 10.1 Å². The number of carbonyl (C=O) groups excluding carboxylic acids is 2. The van der Waals surface area contributed by atoms with Crippen LogP contribution in [0.4, 0.5) is 16.2 Å². The first kappa shape index (κ1) is 24.1. The summed E-state index contributed by atoms with van der Waals surface area (Å²) < 4.78 is 5.83. The van der Waals surface area contributed by atoms with Crippen molar-refractivity contribution in [1.82, 2.24) is 10.6 Å². The molecule has 0 aliphatic rings. The fourth-order valence-corrected chi connectivity index (χ4v) is 3.28. The predicted molar refractivity (Wildman–Crippen MR) is 128 cm³/mol. The smallest absolute Gasteiger partial charge is 0.312 e. The van der Waals surface area contributed by atoms with Gasteiger partial charge in [0.05, 0.1) is 17.4 Å². The lowest BCUT2D eigenvalue weighted by molar-refractivity contribution is -0.384. The summed E-state index contributed by atoms with van der Waals surface area (Å²) in [5.74, 6) is 0.884. The maximum absolute atomic E-state index is 12.5. The number of anilines is 1. The predicted octanol–water partition coefficient (Wildman–Crippen LogP) is 3.71. The minimum absolute atomic E-state index is 0.0443. The van der Waals surface area contributed by atoms with Gasteiger partial charge in [-0.3, -0.25) is 14.9 Å². The summed E-state index contributed by atoms with van der Waals surface area (Å²) in [5, 5.41) is 19.3. The minimum atomic E-state index is -0.759. The van der Waals surface area contributed by atoms with Crippen molar-refractivity contribution >= 4 is 23.3 Å². The highest BCUT2D eigenvalue weighted by Gasteiger charge is 2.18. The average Bonchev–Trinajstić information content (AvgIpc) is 2.82. The minimum Gasteiger partial charge on any atom is -0.457 e. The van der Waals surface area contributed by atoms with Crippen LogP contribution >= 0.6 is 0 Å². The molecule has 1 unspecified atom stereocenters. The van der Waals surface area contributed by atoms with E-state index in [1.54, 1.807) is 42.5 Å². The number of hydrogen-bond acceptors (Lipinski definition) is 6. The van der Waals surface area contributed by atoms with E-state index in [0.717, 1.165) is 0 Å². The number of benzene rings is 3. The number of hydrogen-bond donors (Lipinski definition) is 4. The third-order valence-electron chi connectivity index (χ3n) is 4.81. The van der Waals surface area contributed by atoms with Gasteiger partial charge in [0.1, 0.15) is 17.2 Å². The molecule has 0 aliphatic heterocycles. The summed E-state index contributed by atoms with van der Waals surface area (Å²) in [6, 6.07) is 21.1. The molecule has 34 heavy (non-hydrogen) atoms. The van der Waals surface area contributed by atoms with Crippen molar-refractivity contribution < 1.29 is 19.2 Å². The van der Waals surface area contributed by atoms with Gasteiger partial charge >= 0.3 is 6.03 Å². The largest absolute Gasteiger partial charge is 0.457 e. The number of rotatable bonds is 11. The quantitative estimate of drug-likeness (QED) is 0.193. The first-order valence-electron chi connectivity index (χ1n) is 10.5. The normalized spacial score (nSPS) is 11.2. The molecule has 0 fully saturated rings. The zero-order chi connectivity index (χ0) is 24.3. The lowest BCUT2D eigenvalue weighted by Gasteiger charge is -2.19. The molecule has 10 heteroatoms. The molecular formula is C24H25N5O5. The third kappa shape index (κ3) is 7.23. The second kappa shape index (κ2) is 11.9. The molecule has 3 aromatic rings. The molecule has 0 spiro atoms. The van der Waals surface area contributed by atoms with Crippen molar-refractivity contribution in [2.75, 3.05) is 18.4 Å². The van der Waals surface area contributed by atoms with Gasteiger partial charge in [0.15, 0.2) is 0 Å². The fourth-order valence-electron chi connectivity index (χ4n) is 3.28. The van der Waals surface area contributed by atoms with E-state index in [4.69, 9.17) is 10.5 Å². The molecule has 0 saturated heterocycles. The van der Waals surface area contributed by atoms with Gasteiger partial charge in [-0.15, -0.1) is 0 Å². The van der Waals surface area contributed by atoms with Crippen LogP contribution in [0.2, 0.25) is 0 Å². The van der Waals surface area contributed by atoms with E-state index in [9.17, 15) is 19.7 Å². The van der Waals surface area contributed by atoms with Crippen LogP contribution in [-0.4, -0.2) is 30.0 Å². The number of para-hydroxylation sites is 3. The molecule has 0 aliphatic carbocycles. The number of nitrogens with one attached hydrogen (secondary N) is 3. The Hall–Kier alpha value is -4.60. The summed E-state index contributed by atoms with van der Waals surface area (Å²) >= 11 is 0. The van der Waals surface area contributed by atoms with Gasteiger partial charge in [0.25, 0.3) is 5.69 Å². The number of nitro groups is 1. The third-order valence-corrected chi connectivity index (χ3v) is 4.81. The van der Waals surface area contributed by atoms with Crippen molar-refractivity contribution in [1.29, 1.82) is 0 Å². The van der Waals surface area contributed by atoms with E-state index in [-0.39, 0.29) is 31.1 Å². The van der Waals surface area contributed by atoms with Gasteiger partial charge in [-0.25, -0.2) is 4.79 Å². The first-order valence-corrected chi connectivity index (χ1v) is 10.5. The Balaban J connectivity index is 1.57. The topological polar surface area (TPSA) is 149 Å². The van der Waals surface area contributed by atoms with E-state index in [0.29, 0.717) is 22.7 Å². The van der Waals surface area contributed by atoms with Crippen LogP contribution in [0.5, 0.6) is 11.5 Å². The number of nitrogens with zero attached hydrogens (tertiary/aromatic N) is 1. The Morgan fingerprint density at radius 1 is 0.941 bits per heavy atom. The highest BCUT2D eigenvalue weighted by Crippen LogP contribution is 2.26. The van der Waals surface area contributed by atoms with Gasteiger partial charge in [-0.2, -0.15) is 0 Å². The highest BCUT2D eigenvalue weighted by atomic mass is 16.6. The standard InChI is InChI=1S/C24H25N5O5/c25-24(31)28-21(17-7-6-10-19(15-17)34-18-8-2-1-3-9-18)16-23(30)27-14-13-26-20-11-4-5-12-22(20)29(32)33/h1-12,15,21,26H,13-14,16H2,(H,27,30)(H3,25,28,31). The van der Waals surface area contributed by atoms with E-state index >= 15 is 0 Å². The van der Waals surface area contributed by atoms with E-state index in [1.165, 1.54) is 6.07 Å². The van der Waals surface area contributed by atoms with E-state index in [1.807, 2.05) is 30.3 Å². The van der Waals surface area contributed by atoms with Gasteiger partial charge in [0.2, 0.25) is 5.91 Å². The average molecular weight is 463 g/mol. The maximum Gasteiger partial charge on any atom is 0.312 e. The number of carbonyl (C=O) groups is 2. The van der Waals surface area contributed by atoms with Gasteiger partial charge < -0.3 is 26.4 Å². The molecule has 0 aromatic heterocycles. The molecule has 3 rings (SSSR count). The lowest BCUT2D eigenvalue weighted by atomic mass is 10.0. The van der Waals surface area contributed by atoms with Crippen LogP contribution in [0.25, 0.3) is 0 Å². The Morgan fingerprint density at radius 3 is 2.38 bits per heavy atom. The monoisotopic (exact) mass is 463 g/mol. The number of nitrogens with two attached hydrogens (primary N) is 1. The van der Waals surface area contributed by atoms with Crippen LogP contribution < -0.4 is 26.4 Å². The number of ether oxygens (including phenoxy) is 1. The van der Waals surface area contributed by atoms with Crippen LogP contribution in [0.15, 0.2) is 78.9 Å². The lowest BCUT2D eigenvalue weighted by Crippen LogP contribution is -2.37. The summed E-state index contributed by atoms with van der Waals surface area (Å²) in [4.78, 5) is 34.6. The van der Waals surface area contributed by atoms with Gasteiger partial charge in [0, 0.05) is 19.2 Å². The summed E-state index contributed by atoms with van der Waals surface area (Å²) in [6.07, 6.45) is -0.0524. The molecule has 0 heterocycles. The van der Waals surface area contributed by atoms with E-state index < -0.39 is 17.0 Å². The molecule has 3 amide bonds. The molecule has 0 saturated carbocycles. The van der Waals surface area contributed by atoms with Crippen molar-refractivity contribution in [3.8, 4) is 11.5 Å². The highest BCUT2D eigenvalue weighted by molar-refractivity contribution is 5.79. The maximum atomic E-state index is 12.5. The number of amides is 3. The Morgan fingerprint density at radius 2 is 1.65 bits per heavy atom. The Labute approximate surface area is 196 Å².